The molecule has 0 bridgehead atoms. The first kappa shape index (κ1) is 17.4. The number of ether oxygens (including phenoxy) is 2. The van der Waals surface area contributed by atoms with E-state index in [9.17, 15) is 5.11 Å². The van der Waals surface area contributed by atoms with Crippen LogP contribution in [0.2, 0.25) is 0 Å². The molecule has 1 fully saturated rings. The van der Waals surface area contributed by atoms with Crippen LogP contribution in [0.3, 0.4) is 0 Å². The molecule has 1 saturated heterocycles. The minimum absolute atomic E-state index is 0.190. The highest BCUT2D eigenvalue weighted by molar-refractivity contribution is 5.77. The molecule has 0 amide bonds. The van der Waals surface area contributed by atoms with Gasteiger partial charge >= 0.3 is 0 Å². The van der Waals surface area contributed by atoms with Crippen molar-refractivity contribution >= 4 is 5.96 Å². The average molecular weight is 322 g/mol. The van der Waals surface area contributed by atoms with Crippen molar-refractivity contribution < 1.29 is 14.6 Å². The third-order valence-corrected chi connectivity index (χ3v) is 3.77. The normalized spacial score (nSPS) is 16.3. The van der Waals surface area contributed by atoms with Gasteiger partial charge in [-0.25, -0.2) is 4.99 Å². The number of aliphatic imine (C=N–C) groups is 1. The highest BCUT2D eigenvalue weighted by Crippen LogP contribution is 2.23. The van der Waals surface area contributed by atoms with Crippen molar-refractivity contribution in [2.75, 3.05) is 46.5 Å². The predicted molar refractivity (Wildman–Crippen MR) is 89.9 cm³/mol. The summed E-state index contributed by atoms with van der Waals surface area (Å²) in [5.74, 6) is 1.26. The zero-order chi connectivity index (χ0) is 16.5. The molecule has 1 heterocycles. The summed E-state index contributed by atoms with van der Waals surface area (Å²) < 4.78 is 10.5. The second kappa shape index (κ2) is 9.22. The van der Waals surface area contributed by atoms with E-state index in [0.29, 0.717) is 23.8 Å². The molecule has 0 radical (unpaired) electrons. The van der Waals surface area contributed by atoms with Crippen LogP contribution in [0.25, 0.3) is 0 Å². The van der Waals surface area contributed by atoms with Crippen molar-refractivity contribution in [1.29, 1.82) is 0 Å². The van der Waals surface area contributed by atoms with Crippen LogP contribution >= 0.6 is 0 Å². The van der Waals surface area contributed by atoms with Gasteiger partial charge in [-0.2, -0.15) is 0 Å². The summed E-state index contributed by atoms with van der Waals surface area (Å²) in [4.78, 5) is 6.63. The topological polar surface area (TPSA) is 92.3 Å². The first-order valence-corrected chi connectivity index (χ1v) is 7.89. The standard InChI is InChI=1S/C16H26N4O3/c1-22-14-3-4-15(21)13(11-14)12-19-16(17)18-5-2-6-20-7-9-23-10-8-20/h3-4,11,21H,2,5-10,12H2,1H3,(H3,17,18,19). The van der Waals surface area contributed by atoms with Gasteiger partial charge in [0.15, 0.2) is 5.96 Å². The predicted octanol–water partition coefficient (Wildman–Crippen LogP) is 0.527. The van der Waals surface area contributed by atoms with Crippen LogP contribution in [0, 0.1) is 0 Å². The molecule has 0 atom stereocenters. The van der Waals surface area contributed by atoms with Crippen molar-refractivity contribution in [3.8, 4) is 11.5 Å². The monoisotopic (exact) mass is 322 g/mol. The van der Waals surface area contributed by atoms with Gasteiger partial charge < -0.3 is 25.6 Å². The lowest BCUT2D eigenvalue weighted by Crippen LogP contribution is -2.39. The van der Waals surface area contributed by atoms with Crippen LogP contribution in [-0.4, -0.2) is 62.5 Å². The van der Waals surface area contributed by atoms with Gasteiger partial charge in [-0.3, -0.25) is 4.90 Å². The largest absolute Gasteiger partial charge is 0.508 e. The number of hydrogen-bond acceptors (Lipinski definition) is 5. The van der Waals surface area contributed by atoms with Gasteiger partial charge in [-0.05, 0) is 31.2 Å². The molecule has 1 aromatic rings. The van der Waals surface area contributed by atoms with Gasteiger partial charge in [-0.1, -0.05) is 0 Å². The zero-order valence-corrected chi connectivity index (χ0v) is 13.6. The maximum absolute atomic E-state index is 9.80. The second-order valence-electron chi connectivity index (χ2n) is 5.43. The second-order valence-corrected chi connectivity index (χ2v) is 5.43. The number of rotatable bonds is 7. The molecule has 23 heavy (non-hydrogen) atoms. The van der Waals surface area contributed by atoms with Gasteiger partial charge in [-0.15, -0.1) is 0 Å². The molecular formula is C16H26N4O3. The SMILES string of the molecule is COc1ccc(O)c(CN=C(N)NCCCN2CCOCC2)c1. The highest BCUT2D eigenvalue weighted by Gasteiger charge is 2.09. The molecular weight excluding hydrogens is 296 g/mol. The van der Waals surface area contributed by atoms with Crippen LogP contribution < -0.4 is 15.8 Å². The Bertz CT molecular complexity index is 516. The first-order valence-electron chi connectivity index (χ1n) is 7.89. The van der Waals surface area contributed by atoms with Gasteiger partial charge in [0, 0.05) is 25.2 Å². The number of nitrogens with zero attached hydrogens (tertiary/aromatic N) is 2. The Hall–Kier alpha value is -1.99. The van der Waals surface area contributed by atoms with E-state index in [-0.39, 0.29) is 5.75 Å². The van der Waals surface area contributed by atoms with E-state index < -0.39 is 0 Å². The number of phenols is 1. The average Bonchev–Trinajstić information content (AvgIpc) is 2.59. The molecule has 7 nitrogen and oxygen atoms in total. The minimum atomic E-state index is 0.190. The van der Waals surface area contributed by atoms with Crippen molar-refractivity contribution in [2.24, 2.45) is 10.7 Å². The molecule has 1 aliphatic heterocycles. The van der Waals surface area contributed by atoms with E-state index in [1.54, 1.807) is 25.3 Å². The molecule has 128 valence electrons. The zero-order valence-electron chi connectivity index (χ0n) is 13.6. The first-order chi connectivity index (χ1) is 11.2. The minimum Gasteiger partial charge on any atom is -0.508 e. The van der Waals surface area contributed by atoms with Gasteiger partial charge in [0.05, 0.1) is 26.9 Å². The number of methoxy groups -OCH3 is 1. The van der Waals surface area contributed by atoms with Gasteiger partial charge in [0.1, 0.15) is 11.5 Å². The highest BCUT2D eigenvalue weighted by atomic mass is 16.5. The van der Waals surface area contributed by atoms with Crippen LogP contribution in [-0.2, 0) is 11.3 Å². The summed E-state index contributed by atoms with van der Waals surface area (Å²) in [5, 5.41) is 12.9. The van der Waals surface area contributed by atoms with E-state index in [0.717, 1.165) is 45.8 Å². The molecule has 0 spiro atoms. The Morgan fingerprint density at radius 2 is 2.22 bits per heavy atom. The number of nitrogens with two attached hydrogens (primary N) is 1. The molecule has 1 aliphatic rings. The molecule has 7 heteroatoms. The van der Waals surface area contributed by atoms with Gasteiger partial charge in [0.2, 0.25) is 0 Å². The van der Waals surface area contributed by atoms with E-state index >= 15 is 0 Å². The number of benzene rings is 1. The van der Waals surface area contributed by atoms with E-state index in [2.05, 4.69) is 15.2 Å². The van der Waals surface area contributed by atoms with Crippen molar-refractivity contribution in [3.05, 3.63) is 23.8 Å². The number of nitrogens with one attached hydrogen (secondary N) is 1. The van der Waals surface area contributed by atoms with Gasteiger partial charge in [0.25, 0.3) is 0 Å². The van der Waals surface area contributed by atoms with E-state index in [1.807, 2.05) is 0 Å². The summed E-state index contributed by atoms with van der Waals surface area (Å²) in [7, 11) is 1.59. The molecule has 4 N–H and O–H groups in total. The van der Waals surface area contributed by atoms with Crippen LogP contribution in [0.5, 0.6) is 11.5 Å². The molecule has 0 aliphatic carbocycles. The number of hydrogen-bond donors (Lipinski definition) is 3. The van der Waals surface area contributed by atoms with Crippen LogP contribution in [0.15, 0.2) is 23.2 Å². The number of phenolic OH excluding ortho intramolecular Hbond substituents is 1. The van der Waals surface area contributed by atoms with E-state index in [1.165, 1.54) is 0 Å². The Labute approximate surface area is 137 Å². The Kier molecular flexibility index (Phi) is 6.96. The van der Waals surface area contributed by atoms with Crippen LogP contribution in [0.4, 0.5) is 0 Å². The summed E-state index contributed by atoms with van der Waals surface area (Å²) in [6, 6.07) is 5.05. The fourth-order valence-electron chi connectivity index (χ4n) is 2.39. The van der Waals surface area contributed by atoms with Crippen molar-refractivity contribution in [2.45, 2.75) is 13.0 Å². The van der Waals surface area contributed by atoms with E-state index in [4.69, 9.17) is 15.2 Å². The molecule has 2 rings (SSSR count). The third-order valence-electron chi connectivity index (χ3n) is 3.77. The quantitative estimate of drug-likeness (QED) is 0.385. The molecule has 0 saturated carbocycles. The number of morpholine rings is 1. The van der Waals surface area contributed by atoms with Crippen LogP contribution in [0.1, 0.15) is 12.0 Å². The lowest BCUT2D eigenvalue weighted by Gasteiger charge is -2.26. The fourth-order valence-corrected chi connectivity index (χ4v) is 2.39. The fraction of sp³-hybridized carbons (Fsp3) is 0.562. The maximum atomic E-state index is 9.80. The summed E-state index contributed by atoms with van der Waals surface area (Å²) in [6.45, 7) is 5.75. The van der Waals surface area contributed by atoms with Crippen molar-refractivity contribution in [1.82, 2.24) is 10.2 Å². The van der Waals surface area contributed by atoms with Crippen molar-refractivity contribution in [3.63, 3.8) is 0 Å². The molecule has 1 aromatic carbocycles. The summed E-state index contributed by atoms with van der Waals surface area (Å²) >= 11 is 0. The Morgan fingerprint density at radius 3 is 2.96 bits per heavy atom. The number of guanidine groups is 1. The molecule has 0 aromatic heterocycles. The lowest BCUT2D eigenvalue weighted by atomic mass is 10.2. The molecule has 0 unspecified atom stereocenters. The maximum Gasteiger partial charge on any atom is 0.188 e. The summed E-state index contributed by atoms with van der Waals surface area (Å²) in [6.07, 6.45) is 1.00. The smallest absolute Gasteiger partial charge is 0.188 e. The Morgan fingerprint density at radius 1 is 1.43 bits per heavy atom. The lowest BCUT2D eigenvalue weighted by molar-refractivity contribution is 0.0376. The summed E-state index contributed by atoms with van der Waals surface area (Å²) in [5.41, 5.74) is 6.54. The third kappa shape index (κ3) is 5.96. The Balaban J connectivity index is 1.70. The number of aromatic hydroxyl groups is 1.